The number of aliphatic hydroxyl groups excluding tert-OH is 1. The van der Waals surface area contributed by atoms with Gasteiger partial charge in [-0.15, -0.1) is 0 Å². The second kappa shape index (κ2) is 7.89. The Morgan fingerprint density at radius 2 is 1.62 bits per heavy atom. The second-order valence-corrected chi connectivity index (χ2v) is 7.14. The van der Waals surface area contributed by atoms with Crippen molar-refractivity contribution in [2.24, 2.45) is 0 Å². The summed E-state index contributed by atoms with van der Waals surface area (Å²) in [6.07, 6.45) is 3.48. The van der Waals surface area contributed by atoms with E-state index in [2.05, 4.69) is 29.2 Å². The molecule has 2 atom stereocenters. The van der Waals surface area contributed by atoms with Crippen molar-refractivity contribution in [2.75, 3.05) is 26.3 Å². The Kier molecular flexibility index (Phi) is 5.36. The third-order valence-electron chi connectivity index (χ3n) is 5.56. The number of likely N-dealkylation sites (tertiary alicyclic amines) is 1. The van der Waals surface area contributed by atoms with Crippen molar-refractivity contribution in [3.8, 4) is 0 Å². The van der Waals surface area contributed by atoms with Crippen LogP contribution < -0.4 is 0 Å². The van der Waals surface area contributed by atoms with Crippen LogP contribution in [0.15, 0.2) is 60.7 Å². The number of piperidine rings is 1. The molecule has 4 nitrogen and oxygen atoms in total. The van der Waals surface area contributed by atoms with E-state index in [-0.39, 0.29) is 12.7 Å². The first-order chi connectivity index (χ1) is 12.8. The van der Waals surface area contributed by atoms with E-state index < -0.39 is 5.79 Å². The summed E-state index contributed by atoms with van der Waals surface area (Å²) >= 11 is 0. The molecular formula is C22H27NO3. The Labute approximate surface area is 155 Å². The summed E-state index contributed by atoms with van der Waals surface area (Å²) in [6.45, 7) is 2.48. The van der Waals surface area contributed by atoms with E-state index in [1.807, 2.05) is 36.4 Å². The monoisotopic (exact) mass is 353 g/mol. The molecule has 0 amide bonds. The number of β-amino-alcohol motifs (C(OH)–C–C–N with tert-alkyl or cyclic N) is 1. The quantitative estimate of drug-likeness (QED) is 0.897. The fourth-order valence-corrected chi connectivity index (χ4v) is 4.30. The van der Waals surface area contributed by atoms with Crippen molar-refractivity contribution in [1.82, 2.24) is 4.90 Å². The third kappa shape index (κ3) is 3.30. The van der Waals surface area contributed by atoms with Gasteiger partial charge in [0.25, 0.3) is 0 Å². The Hall–Kier alpha value is -1.72. The molecule has 2 unspecified atom stereocenters. The molecule has 0 spiro atoms. The molecule has 4 heteroatoms. The van der Waals surface area contributed by atoms with Gasteiger partial charge in [-0.2, -0.15) is 0 Å². The van der Waals surface area contributed by atoms with Crippen LogP contribution in [0.3, 0.4) is 0 Å². The van der Waals surface area contributed by atoms with Gasteiger partial charge in [-0.1, -0.05) is 67.1 Å². The highest BCUT2D eigenvalue weighted by Gasteiger charge is 2.48. The Balaban J connectivity index is 1.65. The number of ether oxygens (including phenoxy) is 2. The smallest absolute Gasteiger partial charge is 0.222 e. The molecule has 26 heavy (non-hydrogen) atoms. The zero-order valence-electron chi connectivity index (χ0n) is 15.1. The minimum absolute atomic E-state index is 0.00209. The molecule has 0 aliphatic carbocycles. The molecule has 2 aromatic carbocycles. The van der Waals surface area contributed by atoms with Crippen LogP contribution in [-0.2, 0) is 15.3 Å². The predicted molar refractivity (Wildman–Crippen MR) is 101 cm³/mol. The van der Waals surface area contributed by atoms with E-state index in [1.54, 1.807) is 0 Å². The van der Waals surface area contributed by atoms with Crippen LogP contribution in [0.4, 0.5) is 0 Å². The van der Waals surface area contributed by atoms with Gasteiger partial charge in [0.2, 0.25) is 5.79 Å². The minimum Gasteiger partial charge on any atom is -0.395 e. The predicted octanol–water partition coefficient (Wildman–Crippen LogP) is 3.15. The van der Waals surface area contributed by atoms with E-state index in [4.69, 9.17) is 9.47 Å². The number of rotatable bonds is 5. The number of hydrogen-bond acceptors (Lipinski definition) is 4. The number of nitrogens with zero attached hydrogens (tertiary/aromatic N) is 1. The maximum atomic E-state index is 9.42. The van der Waals surface area contributed by atoms with Crippen molar-refractivity contribution in [2.45, 2.75) is 37.2 Å². The van der Waals surface area contributed by atoms with Gasteiger partial charge >= 0.3 is 0 Å². The van der Waals surface area contributed by atoms with E-state index in [9.17, 15) is 5.11 Å². The van der Waals surface area contributed by atoms with Gasteiger partial charge in [-0.05, 0) is 19.4 Å². The summed E-state index contributed by atoms with van der Waals surface area (Å²) < 4.78 is 13.1. The van der Waals surface area contributed by atoms with Crippen LogP contribution in [0.25, 0.3) is 0 Å². The summed E-state index contributed by atoms with van der Waals surface area (Å²) in [5, 5.41) is 9.42. The number of benzene rings is 2. The molecule has 4 rings (SSSR count). The summed E-state index contributed by atoms with van der Waals surface area (Å²) in [5.74, 6) is -0.852. The lowest BCUT2D eigenvalue weighted by molar-refractivity contribution is -0.152. The highest BCUT2D eigenvalue weighted by molar-refractivity contribution is 5.34. The summed E-state index contributed by atoms with van der Waals surface area (Å²) in [5.41, 5.74) is 2.05. The standard InChI is InChI=1S/C22H27NO3/c24-16-15-23-14-8-7-13-20(23)21-17-25-22(26-21,18-9-3-1-4-10-18)19-11-5-2-6-12-19/h1-6,9-12,20-21,24H,7-8,13-17H2. The molecule has 0 bridgehead atoms. The molecule has 1 N–H and O–H groups in total. The van der Waals surface area contributed by atoms with Gasteiger partial charge < -0.3 is 14.6 Å². The Bertz CT molecular complexity index is 650. The van der Waals surface area contributed by atoms with Crippen molar-refractivity contribution in [3.63, 3.8) is 0 Å². The number of aliphatic hydroxyl groups is 1. The molecule has 2 aromatic rings. The lowest BCUT2D eigenvalue weighted by atomic mass is 9.96. The zero-order chi connectivity index (χ0) is 17.8. The Morgan fingerprint density at radius 3 is 2.23 bits per heavy atom. The highest BCUT2D eigenvalue weighted by atomic mass is 16.7. The van der Waals surface area contributed by atoms with E-state index in [0.29, 0.717) is 19.2 Å². The maximum Gasteiger partial charge on any atom is 0.222 e. The van der Waals surface area contributed by atoms with Crippen molar-refractivity contribution >= 4 is 0 Å². The van der Waals surface area contributed by atoms with Gasteiger partial charge in [-0.3, -0.25) is 4.90 Å². The van der Waals surface area contributed by atoms with Gasteiger partial charge in [0.15, 0.2) is 0 Å². The minimum atomic E-state index is -0.852. The van der Waals surface area contributed by atoms with Gasteiger partial charge in [0.05, 0.1) is 13.2 Å². The number of hydrogen-bond donors (Lipinski definition) is 1. The topological polar surface area (TPSA) is 41.9 Å². The maximum absolute atomic E-state index is 9.42. The lowest BCUT2D eigenvalue weighted by Gasteiger charge is -2.39. The average Bonchev–Trinajstić information content (AvgIpc) is 3.17. The molecule has 0 aromatic heterocycles. The molecule has 2 heterocycles. The van der Waals surface area contributed by atoms with E-state index >= 15 is 0 Å². The first kappa shape index (κ1) is 17.7. The highest BCUT2D eigenvalue weighted by Crippen LogP contribution is 2.42. The molecule has 0 saturated carbocycles. The van der Waals surface area contributed by atoms with Crippen LogP contribution in [0, 0.1) is 0 Å². The normalized spacial score (nSPS) is 26.0. The molecule has 138 valence electrons. The van der Waals surface area contributed by atoms with Crippen molar-refractivity contribution in [3.05, 3.63) is 71.8 Å². The summed E-state index contributed by atoms with van der Waals surface area (Å²) in [4.78, 5) is 2.36. The zero-order valence-corrected chi connectivity index (χ0v) is 15.1. The van der Waals surface area contributed by atoms with Crippen LogP contribution in [0.2, 0.25) is 0 Å². The largest absolute Gasteiger partial charge is 0.395 e. The fourth-order valence-electron chi connectivity index (χ4n) is 4.30. The molecule has 0 radical (unpaired) electrons. The van der Waals surface area contributed by atoms with E-state index in [1.165, 1.54) is 12.8 Å². The van der Waals surface area contributed by atoms with Gasteiger partial charge in [0, 0.05) is 23.7 Å². The molecule has 2 aliphatic heterocycles. The lowest BCUT2D eigenvalue weighted by Crippen LogP contribution is -2.49. The van der Waals surface area contributed by atoms with Gasteiger partial charge in [0.1, 0.15) is 6.10 Å². The SMILES string of the molecule is OCCN1CCCCC1C1COC(c2ccccc2)(c2ccccc2)O1. The molecule has 2 fully saturated rings. The Morgan fingerprint density at radius 1 is 0.962 bits per heavy atom. The summed E-state index contributed by atoms with van der Waals surface area (Å²) in [7, 11) is 0. The first-order valence-corrected chi connectivity index (χ1v) is 9.61. The average molecular weight is 353 g/mol. The van der Waals surface area contributed by atoms with Crippen LogP contribution in [0.5, 0.6) is 0 Å². The fraction of sp³-hybridized carbons (Fsp3) is 0.455. The van der Waals surface area contributed by atoms with Crippen LogP contribution in [-0.4, -0.2) is 48.5 Å². The van der Waals surface area contributed by atoms with Crippen molar-refractivity contribution in [1.29, 1.82) is 0 Å². The van der Waals surface area contributed by atoms with Crippen molar-refractivity contribution < 1.29 is 14.6 Å². The van der Waals surface area contributed by atoms with E-state index in [0.717, 1.165) is 24.1 Å². The van der Waals surface area contributed by atoms with Crippen LogP contribution >= 0.6 is 0 Å². The summed E-state index contributed by atoms with van der Waals surface area (Å²) in [6, 6.07) is 20.7. The first-order valence-electron chi connectivity index (χ1n) is 9.61. The third-order valence-corrected chi connectivity index (χ3v) is 5.56. The van der Waals surface area contributed by atoms with Crippen LogP contribution in [0.1, 0.15) is 30.4 Å². The molecule has 2 saturated heterocycles. The molecular weight excluding hydrogens is 326 g/mol. The van der Waals surface area contributed by atoms with Gasteiger partial charge in [-0.25, -0.2) is 0 Å². The molecule has 2 aliphatic rings. The second-order valence-electron chi connectivity index (χ2n) is 7.14.